The maximum absolute atomic E-state index is 7.00. The van der Waals surface area contributed by atoms with Crippen LogP contribution in [0.3, 0.4) is 0 Å². The molecule has 0 amide bonds. The van der Waals surface area contributed by atoms with Crippen molar-refractivity contribution in [1.82, 2.24) is 0 Å². The number of unbranched alkanes of at least 4 members (excludes halogenated alkanes) is 18. The van der Waals surface area contributed by atoms with Gasteiger partial charge in [-0.05, 0) is 143 Å². The molecule has 0 aliphatic carbocycles. The molecular formula is C78H132O6. The van der Waals surface area contributed by atoms with E-state index in [4.69, 9.17) is 28.4 Å². The van der Waals surface area contributed by atoms with Crippen molar-refractivity contribution in [2.24, 2.45) is 35.5 Å². The summed E-state index contributed by atoms with van der Waals surface area (Å²) in [6.07, 6.45) is 44.7. The summed E-state index contributed by atoms with van der Waals surface area (Å²) in [6, 6.07) is 13.8. The molecule has 84 heavy (non-hydrogen) atoms. The Morgan fingerprint density at radius 1 is 0.202 bits per heavy atom. The van der Waals surface area contributed by atoms with E-state index in [0.717, 1.165) is 105 Å². The van der Waals surface area contributed by atoms with Gasteiger partial charge in [0, 0.05) is 0 Å². The molecule has 0 heterocycles. The highest BCUT2D eigenvalue weighted by atomic mass is 16.5. The minimum atomic E-state index is 0.596. The van der Waals surface area contributed by atoms with Gasteiger partial charge in [-0.2, -0.15) is 0 Å². The van der Waals surface area contributed by atoms with E-state index in [2.05, 4.69) is 119 Å². The molecule has 6 nitrogen and oxygen atoms in total. The van der Waals surface area contributed by atoms with Gasteiger partial charge in [0.1, 0.15) is 0 Å². The monoisotopic (exact) mass is 1170 g/mol. The molecule has 0 saturated carbocycles. The average molecular weight is 1170 g/mol. The topological polar surface area (TPSA) is 55.4 Å². The van der Waals surface area contributed by atoms with Crippen molar-refractivity contribution in [3.05, 3.63) is 36.4 Å². The lowest BCUT2D eigenvalue weighted by molar-refractivity contribution is 0.238. The van der Waals surface area contributed by atoms with Crippen LogP contribution in [0.2, 0.25) is 0 Å². The van der Waals surface area contributed by atoms with E-state index >= 15 is 0 Å². The predicted octanol–water partition coefficient (Wildman–Crippen LogP) is 25.4. The third-order valence-corrected chi connectivity index (χ3v) is 18.6. The molecule has 6 atom stereocenters. The molecule has 0 aliphatic heterocycles. The number of benzene rings is 4. The van der Waals surface area contributed by atoms with Gasteiger partial charge in [-0.25, -0.2) is 0 Å². The zero-order chi connectivity index (χ0) is 60.6. The second-order valence-electron chi connectivity index (χ2n) is 27.1. The number of rotatable bonds is 54. The van der Waals surface area contributed by atoms with Crippen molar-refractivity contribution < 1.29 is 28.4 Å². The van der Waals surface area contributed by atoms with Crippen LogP contribution in [0.15, 0.2) is 36.4 Å². The third-order valence-electron chi connectivity index (χ3n) is 18.6. The van der Waals surface area contributed by atoms with E-state index in [-0.39, 0.29) is 0 Å². The molecule has 0 aromatic heterocycles. The Balaban J connectivity index is 1.95. The molecule has 6 heteroatoms. The summed E-state index contributed by atoms with van der Waals surface area (Å²) < 4.78 is 42.0. The first kappa shape index (κ1) is 72.9. The van der Waals surface area contributed by atoms with Gasteiger partial charge in [-0.1, -0.05) is 276 Å². The van der Waals surface area contributed by atoms with Gasteiger partial charge in [0.2, 0.25) is 0 Å². The van der Waals surface area contributed by atoms with Crippen molar-refractivity contribution in [2.75, 3.05) is 39.6 Å². The summed E-state index contributed by atoms with van der Waals surface area (Å²) in [6.45, 7) is 32.1. The number of hydrogen-bond acceptors (Lipinski definition) is 6. The standard InChI is InChI=1S/C78H132O6/c1-13-19-25-31-37-61(7)43-49-79-73-55-67-68(56-74(73)80-50-44-62(8)38-32-26-20-14-2)70-58-76(82-52-46-64(10)40-34-28-22-16-4)78(84-54-48-66(12)42-36-30-24-18-6)60-72(70)71-59-77(83-53-47-65(11)41-35-29-23-17-5)75(57-69(67)71)81-51-45-63(9)39-33-27-21-15-3/h55-66H,13-54H2,1-12H3/t61-,62?,63?,64?,65?,66?/m0/s1. The highest BCUT2D eigenvalue weighted by molar-refractivity contribution is 6.26. The zero-order valence-corrected chi connectivity index (χ0v) is 57.1. The first-order valence-electron chi connectivity index (χ1n) is 36.3. The highest BCUT2D eigenvalue weighted by Crippen LogP contribution is 2.48. The first-order valence-corrected chi connectivity index (χ1v) is 36.3. The fraction of sp³-hybridized carbons (Fsp3) is 0.769. The lowest BCUT2D eigenvalue weighted by Gasteiger charge is -2.22. The molecule has 0 radical (unpaired) electrons. The van der Waals surface area contributed by atoms with Crippen LogP contribution in [0.1, 0.15) is 314 Å². The average Bonchev–Trinajstić information content (AvgIpc) is 1.98. The SMILES string of the molecule is CCCCCCC(C)CCOc1cc2c3cc(OCCC(C)CCCCCC)c(OCCC(C)CCCCCC)cc3c3cc(OCC[C@@H](C)CCCCCC)c(OCCC(C)CCCCCC)cc3c2cc1OCCC(C)CCCCCC. The van der Waals surface area contributed by atoms with Crippen LogP contribution in [0, 0.1) is 35.5 Å². The van der Waals surface area contributed by atoms with Gasteiger partial charge in [0.25, 0.3) is 0 Å². The van der Waals surface area contributed by atoms with Crippen LogP contribution in [-0.2, 0) is 0 Å². The van der Waals surface area contributed by atoms with E-state index in [1.54, 1.807) is 0 Å². The van der Waals surface area contributed by atoms with Gasteiger partial charge in [0.15, 0.2) is 34.5 Å². The molecule has 0 saturated heterocycles. The van der Waals surface area contributed by atoms with E-state index in [1.165, 1.54) is 193 Å². The van der Waals surface area contributed by atoms with Crippen molar-refractivity contribution in [3.63, 3.8) is 0 Å². The quantitative estimate of drug-likeness (QED) is 0.0324. The lowest BCUT2D eigenvalue weighted by atomic mass is 9.93. The van der Waals surface area contributed by atoms with Crippen molar-refractivity contribution >= 4 is 32.3 Å². The molecule has 4 rings (SSSR count). The van der Waals surface area contributed by atoms with E-state index in [1.807, 2.05) is 0 Å². The Bertz CT molecular complexity index is 1850. The van der Waals surface area contributed by atoms with Gasteiger partial charge >= 0.3 is 0 Å². The van der Waals surface area contributed by atoms with Crippen molar-refractivity contribution in [1.29, 1.82) is 0 Å². The molecule has 4 aromatic carbocycles. The Morgan fingerprint density at radius 3 is 0.476 bits per heavy atom. The fourth-order valence-electron chi connectivity index (χ4n) is 12.3. The van der Waals surface area contributed by atoms with Crippen LogP contribution in [0.25, 0.3) is 32.3 Å². The minimum Gasteiger partial charge on any atom is -0.490 e. The molecule has 5 unspecified atom stereocenters. The number of hydrogen-bond donors (Lipinski definition) is 0. The Hall–Kier alpha value is -3.54. The van der Waals surface area contributed by atoms with Gasteiger partial charge in [-0.3, -0.25) is 0 Å². The molecule has 0 spiro atoms. The molecule has 0 aliphatic rings. The molecule has 0 N–H and O–H groups in total. The highest BCUT2D eigenvalue weighted by Gasteiger charge is 2.22. The van der Waals surface area contributed by atoms with Crippen molar-refractivity contribution in [2.45, 2.75) is 314 Å². The third kappa shape index (κ3) is 28.5. The Labute approximate surface area is 518 Å². The fourth-order valence-corrected chi connectivity index (χ4v) is 12.3. The summed E-state index contributed by atoms with van der Waals surface area (Å²) in [4.78, 5) is 0. The van der Waals surface area contributed by atoms with Crippen LogP contribution in [0.4, 0.5) is 0 Å². The summed E-state index contributed by atoms with van der Waals surface area (Å²) >= 11 is 0. The van der Waals surface area contributed by atoms with Gasteiger partial charge in [0.05, 0.1) is 39.6 Å². The van der Waals surface area contributed by atoms with Crippen LogP contribution in [0.5, 0.6) is 34.5 Å². The maximum Gasteiger partial charge on any atom is 0.161 e. The summed E-state index contributed by atoms with van der Waals surface area (Å²) in [5.74, 6) is 8.57. The van der Waals surface area contributed by atoms with Crippen molar-refractivity contribution in [3.8, 4) is 34.5 Å². The second kappa shape index (κ2) is 44.8. The molecule has 0 bridgehead atoms. The lowest BCUT2D eigenvalue weighted by Crippen LogP contribution is -2.09. The van der Waals surface area contributed by atoms with Crippen LogP contribution in [-0.4, -0.2) is 39.6 Å². The largest absolute Gasteiger partial charge is 0.490 e. The maximum atomic E-state index is 7.00. The Kier molecular flexibility index (Phi) is 38.9. The van der Waals surface area contributed by atoms with E-state index < -0.39 is 0 Å². The molecule has 480 valence electrons. The van der Waals surface area contributed by atoms with Gasteiger partial charge in [-0.15, -0.1) is 0 Å². The summed E-state index contributed by atoms with van der Waals surface area (Å²) in [7, 11) is 0. The number of ether oxygens (including phenoxy) is 6. The second-order valence-corrected chi connectivity index (χ2v) is 27.1. The van der Waals surface area contributed by atoms with E-state index in [0.29, 0.717) is 75.1 Å². The normalized spacial score (nSPS) is 14.0. The molecule has 0 fully saturated rings. The van der Waals surface area contributed by atoms with Crippen LogP contribution < -0.4 is 28.4 Å². The zero-order valence-electron chi connectivity index (χ0n) is 57.1. The first-order chi connectivity index (χ1) is 41.0. The van der Waals surface area contributed by atoms with Crippen LogP contribution >= 0.6 is 0 Å². The smallest absolute Gasteiger partial charge is 0.161 e. The molecule has 4 aromatic rings. The Morgan fingerprint density at radius 2 is 0.345 bits per heavy atom. The summed E-state index contributed by atoms with van der Waals surface area (Å²) in [5, 5.41) is 6.81. The number of fused-ring (bicyclic) bond motifs is 6. The van der Waals surface area contributed by atoms with Gasteiger partial charge < -0.3 is 28.4 Å². The van der Waals surface area contributed by atoms with E-state index in [9.17, 15) is 0 Å². The summed E-state index contributed by atoms with van der Waals surface area (Å²) in [5.41, 5.74) is 0. The minimum absolute atomic E-state index is 0.596. The molecular weight excluding hydrogens is 1030 g/mol. The predicted molar refractivity (Wildman–Crippen MR) is 367 cm³/mol.